The van der Waals surface area contributed by atoms with Crippen LogP contribution in [0, 0.1) is 0 Å². The molecule has 0 amide bonds. The maximum absolute atomic E-state index is 13.0. The minimum absolute atomic E-state index is 0.0699. The van der Waals surface area contributed by atoms with Crippen LogP contribution < -0.4 is 0 Å². The lowest BCUT2D eigenvalue weighted by molar-refractivity contribution is -0.133. The number of nitrogens with zero attached hydrogens (tertiary/aromatic N) is 2. The number of rotatable bonds is 6. The Balaban J connectivity index is 1.52. The Kier molecular flexibility index (Phi) is 4.86. The number of aryl methyl sites for hydroxylation is 1. The molecule has 0 spiro atoms. The van der Waals surface area contributed by atoms with Crippen LogP contribution in [0.25, 0.3) is 11.5 Å². The minimum Gasteiger partial charge on any atom is -0.478 e. The number of thiophene rings is 1. The predicted molar refractivity (Wildman–Crippen MR) is 108 cm³/mol. The molecule has 5 rings (SSSR count). The van der Waals surface area contributed by atoms with Gasteiger partial charge in [0.25, 0.3) is 5.89 Å². The van der Waals surface area contributed by atoms with Crippen LogP contribution in [0.3, 0.4) is 0 Å². The fourth-order valence-electron chi connectivity index (χ4n) is 4.56. The number of fused-ring (bicyclic) bond motifs is 1. The van der Waals surface area contributed by atoms with Crippen molar-refractivity contribution in [2.24, 2.45) is 0 Å². The fraction of sp³-hybridized carbons (Fsp3) is 0.545. The van der Waals surface area contributed by atoms with Gasteiger partial charge in [0.1, 0.15) is 0 Å². The van der Waals surface area contributed by atoms with Gasteiger partial charge in [-0.15, -0.1) is 11.3 Å². The minimum atomic E-state index is -0.959. The van der Waals surface area contributed by atoms with E-state index in [-0.39, 0.29) is 12.2 Å². The molecule has 0 aromatic carbocycles. The third-order valence-electron chi connectivity index (χ3n) is 6.23. The van der Waals surface area contributed by atoms with Gasteiger partial charge in [-0.05, 0) is 63.4 Å². The Morgan fingerprint density at radius 1 is 1.03 bits per heavy atom. The number of carboxylic acid groups (broad SMARTS) is 1. The van der Waals surface area contributed by atoms with E-state index in [2.05, 4.69) is 10.1 Å². The first-order chi connectivity index (χ1) is 14.1. The number of ketones is 1. The average molecular weight is 413 g/mol. The van der Waals surface area contributed by atoms with Gasteiger partial charge in [0, 0.05) is 33.2 Å². The van der Waals surface area contributed by atoms with E-state index in [0.717, 1.165) is 61.2 Å². The maximum Gasteiger partial charge on any atom is 0.331 e. The number of carbonyl (C=O) groups excluding carboxylic acids is 1. The molecule has 0 saturated heterocycles. The van der Waals surface area contributed by atoms with Gasteiger partial charge in [-0.25, -0.2) is 4.79 Å². The summed E-state index contributed by atoms with van der Waals surface area (Å²) in [6.07, 6.45) is 9.72. The smallest absolute Gasteiger partial charge is 0.331 e. The Hall–Kier alpha value is -2.28. The molecule has 0 radical (unpaired) electrons. The van der Waals surface area contributed by atoms with Crippen LogP contribution in [0.15, 0.2) is 15.7 Å². The van der Waals surface area contributed by atoms with E-state index >= 15 is 0 Å². The van der Waals surface area contributed by atoms with Crippen LogP contribution in [0.5, 0.6) is 0 Å². The second kappa shape index (κ2) is 7.52. The highest BCUT2D eigenvalue weighted by atomic mass is 32.1. The summed E-state index contributed by atoms with van der Waals surface area (Å²) >= 11 is 1.68. The molecule has 0 atom stereocenters. The van der Waals surface area contributed by atoms with Crippen LogP contribution in [0.4, 0.5) is 0 Å². The normalized spacial score (nSPS) is 19.3. The number of Topliss-reactive ketones (excluding diaryl/α,β-unsaturated/α-hetero) is 1. The van der Waals surface area contributed by atoms with Gasteiger partial charge in [0.2, 0.25) is 0 Å². The van der Waals surface area contributed by atoms with Gasteiger partial charge < -0.3 is 9.63 Å². The Morgan fingerprint density at radius 2 is 1.83 bits per heavy atom. The van der Waals surface area contributed by atoms with Crippen LogP contribution in [0.2, 0.25) is 0 Å². The second-order valence-electron chi connectivity index (χ2n) is 8.31. The fourth-order valence-corrected chi connectivity index (χ4v) is 5.94. The van der Waals surface area contributed by atoms with Gasteiger partial charge in [-0.3, -0.25) is 4.79 Å². The van der Waals surface area contributed by atoms with E-state index in [0.29, 0.717) is 35.8 Å². The predicted octanol–water partition coefficient (Wildman–Crippen LogP) is 4.62. The van der Waals surface area contributed by atoms with Gasteiger partial charge >= 0.3 is 5.97 Å². The lowest BCUT2D eigenvalue weighted by Gasteiger charge is -2.05. The van der Waals surface area contributed by atoms with E-state index < -0.39 is 5.97 Å². The summed E-state index contributed by atoms with van der Waals surface area (Å²) in [5.41, 5.74) is 3.01. The Morgan fingerprint density at radius 3 is 2.62 bits per heavy atom. The molecule has 1 saturated carbocycles. The average Bonchev–Trinajstić information content (AvgIpc) is 3.16. The van der Waals surface area contributed by atoms with Gasteiger partial charge in [0.15, 0.2) is 11.6 Å². The molecule has 2 aromatic rings. The molecule has 2 aromatic heterocycles. The van der Waals surface area contributed by atoms with E-state index in [1.54, 1.807) is 11.3 Å². The van der Waals surface area contributed by atoms with E-state index in [1.165, 1.54) is 16.9 Å². The molecule has 6 nitrogen and oxygen atoms in total. The van der Waals surface area contributed by atoms with Crippen molar-refractivity contribution >= 4 is 23.1 Å². The molecule has 29 heavy (non-hydrogen) atoms. The molecule has 0 aliphatic heterocycles. The largest absolute Gasteiger partial charge is 0.478 e. The summed E-state index contributed by atoms with van der Waals surface area (Å²) in [6.45, 7) is 0. The molecule has 2 heterocycles. The lowest BCUT2D eigenvalue weighted by Crippen LogP contribution is -2.10. The number of carbonyl (C=O) groups is 2. The Labute approximate surface area is 173 Å². The lowest BCUT2D eigenvalue weighted by atomic mass is 9.98. The number of hydrogen-bond acceptors (Lipinski definition) is 6. The zero-order chi connectivity index (χ0) is 20.0. The molecule has 7 heteroatoms. The number of hydrogen-bond donors (Lipinski definition) is 1. The summed E-state index contributed by atoms with van der Waals surface area (Å²) in [7, 11) is 0. The molecule has 1 N–H and O–H groups in total. The highest BCUT2D eigenvalue weighted by Gasteiger charge is 2.32. The molecule has 3 aliphatic rings. The van der Waals surface area contributed by atoms with Crippen molar-refractivity contribution in [3.63, 3.8) is 0 Å². The van der Waals surface area contributed by atoms with Crippen molar-refractivity contribution < 1.29 is 19.2 Å². The third-order valence-corrected chi connectivity index (χ3v) is 7.52. The van der Waals surface area contributed by atoms with Crippen LogP contribution >= 0.6 is 11.3 Å². The quantitative estimate of drug-likeness (QED) is 0.696. The molecule has 0 bridgehead atoms. The van der Waals surface area contributed by atoms with Gasteiger partial charge in [-0.2, -0.15) is 4.98 Å². The molecular formula is C22H24N2O4S. The van der Waals surface area contributed by atoms with Crippen LogP contribution in [-0.2, 0) is 28.9 Å². The summed E-state index contributed by atoms with van der Waals surface area (Å²) in [5, 5.41) is 13.6. The topological polar surface area (TPSA) is 93.3 Å². The summed E-state index contributed by atoms with van der Waals surface area (Å²) in [4.78, 5) is 31.5. The molecule has 0 unspecified atom stereocenters. The second-order valence-corrected chi connectivity index (χ2v) is 9.50. The van der Waals surface area contributed by atoms with E-state index in [1.807, 2.05) is 0 Å². The van der Waals surface area contributed by atoms with Gasteiger partial charge in [-0.1, -0.05) is 11.6 Å². The standard InChI is InChI=1S/C22H24N2O4S/c25-16(13-6-4-7-14(13)22(26)27)11-18-19(15-5-2-1-3-8-17(15)29-18)21-23-20(24-28-21)12-9-10-12/h12H,1-11H2,(H,26,27). The molecular weight excluding hydrogens is 388 g/mol. The first-order valence-corrected chi connectivity index (χ1v) is 11.4. The van der Waals surface area contributed by atoms with Crippen molar-refractivity contribution in [2.75, 3.05) is 0 Å². The number of aromatic nitrogens is 2. The first-order valence-electron chi connectivity index (χ1n) is 10.6. The van der Waals surface area contributed by atoms with E-state index in [9.17, 15) is 14.7 Å². The van der Waals surface area contributed by atoms with E-state index in [4.69, 9.17) is 4.52 Å². The molecule has 3 aliphatic carbocycles. The zero-order valence-corrected chi connectivity index (χ0v) is 17.1. The van der Waals surface area contributed by atoms with Crippen molar-refractivity contribution in [1.29, 1.82) is 0 Å². The highest BCUT2D eigenvalue weighted by molar-refractivity contribution is 7.12. The van der Waals surface area contributed by atoms with Crippen LogP contribution in [-0.4, -0.2) is 27.0 Å². The number of carboxylic acids is 1. The third kappa shape index (κ3) is 3.56. The summed E-state index contributed by atoms with van der Waals surface area (Å²) in [5.74, 6) is 0.695. The summed E-state index contributed by atoms with van der Waals surface area (Å²) in [6, 6.07) is 0. The zero-order valence-electron chi connectivity index (χ0n) is 16.3. The Bertz CT molecular complexity index is 1010. The summed E-state index contributed by atoms with van der Waals surface area (Å²) < 4.78 is 5.65. The molecule has 152 valence electrons. The maximum atomic E-state index is 13.0. The number of allylic oxidation sites excluding steroid dienone is 1. The monoisotopic (exact) mass is 412 g/mol. The van der Waals surface area contributed by atoms with Crippen molar-refractivity contribution in [3.8, 4) is 11.5 Å². The van der Waals surface area contributed by atoms with Crippen molar-refractivity contribution in [3.05, 3.63) is 32.3 Å². The number of aliphatic carboxylic acids is 1. The highest BCUT2D eigenvalue weighted by Crippen LogP contribution is 2.43. The van der Waals surface area contributed by atoms with Gasteiger partial charge in [0.05, 0.1) is 5.56 Å². The SMILES string of the molecule is O=C(O)C1=C(C(=O)Cc2sc3c(c2-c2nc(C4CC4)no2)CCCCC3)CCC1. The first kappa shape index (κ1) is 18.7. The van der Waals surface area contributed by atoms with Crippen LogP contribution in [0.1, 0.15) is 78.4 Å². The molecule has 1 fully saturated rings. The van der Waals surface area contributed by atoms with Crippen molar-refractivity contribution in [2.45, 2.75) is 76.5 Å². The van der Waals surface area contributed by atoms with Crippen molar-refractivity contribution in [1.82, 2.24) is 10.1 Å².